The Labute approximate surface area is 130 Å². The third-order valence-corrected chi connectivity index (χ3v) is 5.37. The summed E-state index contributed by atoms with van der Waals surface area (Å²) in [6.07, 6.45) is 2.01. The van der Waals surface area contributed by atoms with Crippen molar-refractivity contribution in [2.75, 3.05) is 6.54 Å². The van der Waals surface area contributed by atoms with Gasteiger partial charge in [0.2, 0.25) is 10.0 Å². The van der Waals surface area contributed by atoms with E-state index in [2.05, 4.69) is 6.92 Å². The molecule has 2 unspecified atom stereocenters. The molecule has 2 atom stereocenters. The number of nitrogens with two attached hydrogens (primary N) is 1. The minimum atomic E-state index is -3.86. The standard InChI is InChI=1S/C14H19ClN2O3S/c1-9-4-3-7-17(10(9)2)14(18)12-8-11(21(16,19)20)5-6-13(12)15/h5-6,8-10H,3-4,7H2,1-2H3,(H2,16,19,20). The van der Waals surface area contributed by atoms with Crippen molar-refractivity contribution < 1.29 is 13.2 Å². The first-order valence-corrected chi connectivity index (χ1v) is 8.77. The molecule has 1 aliphatic rings. The number of halogens is 1. The van der Waals surface area contributed by atoms with Crippen LogP contribution in [0.15, 0.2) is 23.1 Å². The van der Waals surface area contributed by atoms with Crippen molar-refractivity contribution in [1.82, 2.24) is 4.90 Å². The Balaban J connectivity index is 2.39. The molecule has 0 bridgehead atoms. The van der Waals surface area contributed by atoms with E-state index in [0.29, 0.717) is 12.5 Å². The number of carbonyl (C=O) groups excluding carboxylic acids is 1. The zero-order valence-electron chi connectivity index (χ0n) is 12.0. The van der Waals surface area contributed by atoms with Gasteiger partial charge >= 0.3 is 0 Å². The molecule has 1 fully saturated rings. The van der Waals surface area contributed by atoms with Crippen molar-refractivity contribution in [3.63, 3.8) is 0 Å². The van der Waals surface area contributed by atoms with Gasteiger partial charge in [0.05, 0.1) is 15.5 Å². The van der Waals surface area contributed by atoms with Gasteiger partial charge in [-0.2, -0.15) is 0 Å². The Bertz CT molecular complexity index is 660. The van der Waals surface area contributed by atoms with Crippen molar-refractivity contribution >= 4 is 27.5 Å². The van der Waals surface area contributed by atoms with Gasteiger partial charge in [-0.25, -0.2) is 13.6 Å². The van der Waals surface area contributed by atoms with E-state index in [1.807, 2.05) is 6.92 Å². The first-order valence-electron chi connectivity index (χ1n) is 6.85. The molecule has 116 valence electrons. The fourth-order valence-electron chi connectivity index (χ4n) is 2.62. The van der Waals surface area contributed by atoms with Gasteiger partial charge in [-0.15, -0.1) is 0 Å². The molecule has 1 aliphatic heterocycles. The third-order valence-electron chi connectivity index (χ3n) is 4.13. The van der Waals surface area contributed by atoms with Gasteiger partial charge in [0.15, 0.2) is 0 Å². The lowest BCUT2D eigenvalue weighted by Gasteiger charge is -2.38. The van der Waals surface area contributed by atoms with E-state index in [-0.39, 0.29) is 27.4 Å². The number of amides is 1. The Morgan fingerprint density at radius 2 is 2.05 bits per heavy atom. The van der Waals surface area contributed by atoms with Gasteiger partial charge in [0, 0.05) is 12.6 Å². The summed E-state index contributed by atoms with van der Waals surface area (Å²) in [5, 5.41) is 5.34. The van der Waals surface area contributed by atoms with Gasteiger partial charge in [0.1, 0.15) is 0 Å². The largest absolute Gasteiger partial charge is 0.336 e. The zero-order valence-corrected chi connectivity index (χ0v) is 13.6. The lowest BCUT2D eigenvalue weighted by Crippen LogP contribution is -2.46. The molecule has 2 rings (SSSR count). The summed E-state index contributed by atoms with van der Waals surface area (Å²) in [6.45, 7) is 4.76. The maximum Gasteiger partial charge on any atom is 0.255 e. The molecule has 2 N–H and O–H groups in total. The van der Waals surface area contributed by atoms with Crippen LogP contribution in [0.1, 0.15) is 37.0 Å². The first kappa shape index (κ1) is 16.3. The minimum Gasteiger partial charge on any atom is -0.336 e. The summed E-state index contributed by atoms with van der Waals surface area (Å²) in [7, 11) is -3.86. The molecule has 1 heterocycles. The van der Waals surface area contributed by atoms with Gasteiger partial charge in [-0.1, -0.05) is 18.5 Å². The van der Waals surface area contributed by atoms with Crippen molar-refractivity contribution in [1.29, 1.82) is 0 Å². The molecule has 0 aromatic heterocycles. The lowest BCUT2D eigenvalue weighted by molar-refractivity contribution is 0.0551. The van der Waals surface area contributed by atoms with Gasteiger partial charge < -0.3 is 4.90 Å². The molecular formula is C14H19ClN2O3S. The number of rotatable bonds is 2. The second-order valence-electron chi connectivity index (χ2n) is 5.55. The van der Waals surface area contributed by atoms with Crippen LogP contribution >= 0.6 is 11.6 Å². The Morgan fingerprint density at radius 1 is 1.38 bits per heavy atom. The SMILES string of the molecule is CC1CCCN(C(=O)c2cc(S(N)(=O)=O)ccc2Cl)C1C. The number of nitrogens with zero attached hydrogens (tertiary/aromatic N) is 1. The van der Waals surface area contributed by atoms with Crippen LogP contribution in [0, 0.1) is 5.92 Å². The predicted octanol–water partition coefficient (Wildman–Crippen LogP) is 2.25. The highest BCUT2D eigenvalue weighted by molar-refractivity contribution is 7.89. The Morgan fingerprint density at radius 3 is 2.67 bits per heavy atom. The van der Waals surface area contributed by atoms with Crippen LogP contribution in [0.2, 0.25) is 5.02 Å². The summed E-state index contributed by atoms with van der Waals surface area (Å²) >= 11 is 6.06. The highest BCUT2D eigenvalue weighted by atomic mass is 35.5. The quantitative estimate of drug-likeness (QED) is 0.903. The maximum atomic E-state index is 12.7. The summed E-state index contributed by atoms with van der Waals surface area (Å²) in [5.41, 5.74) is 0.184. The summed E-state index contributed by atoms with van der Waals surface area (Å²) < 4.78 is 22.8. The van der Waals surface area contributed by atoms with Crippen LogP contribution in [0.4, 0.5) is 0 Å². The fourth-order valence-corrected chi connectivity index (χ4v) is 3.36. The van der Waals surface area contributed by atoms with Gasteiger partial charge in [-0.3, -0.25) is 4.79 Å². The van der Waals surface area contributed by atoms with Gasteiger partial charge in [-0.05, 0) is 43.9 Å². The molecule has 0 saturated carbocycles. The minimum absolute atomic E-state index is 0.0976. The second-order valence-corrected chi connectivity index (χ2v) is 7.51. The van der Waals surface area contributed by atoms with E-state index in [4.69, 9.17) is 16.7 Å². The average Bonchev–Trinajstić information content (AvgIpc) is 2.40. The smallest absolute Gasteiger partial charge is 0.255 e. The zero-order chi connectivity index (χ0) is 15.8. The van der Waals surface area contributed by atoms with Crippen molar-refractivity contribution in [2.24, 2.45) is 11.1 Å². The van der Waals surface area contributed by atoms with Crippen LogP contribution < -0.4 is 5.14 Å². The maximum absolute atomic E-state index is 12.7. The van der Waals surface area contributed by atoms with E-state index in [1.54, 1.807) is 4.90 Å². The van der Waals surface area contributed by atoms with E-state index < -0.39 is 10.0 Å². The molecule has 7 heteroatoms. The Hall–Kier alpha value is -1.11. The van der Waals surface area contributed by atoms with Crippen molar-refractivity contribution in [3.8, 4) is 0 Å². The average molecular weight is 331 g/mol. The third kappa shape index (κ3) is 3.39. The van der Waals surface area contributed by atoms with Crippen molar-refractivity contribution in [2.45, 2.75) is 37.6 Å². The Kier molecular flexibility index (Phi) is 4.60. The van der Waals surface area contributed by atoms with E-state index in [1.165, 1.54) is 18.2 Å². The molecule has 1 aromatic carbocycles. The van der Waals surface area contributed by atoms with Crippen LogP contribution in [-0.2, 0) is 10.0 Å². The molecular weight excluding hydrogens is 312 g/mol. The molecule has 0 radical (unpaired) electrons. The first-order chi connectivity index (χ1) is 9.71. The van der Waals surface area contributed by atoms with Crippen LogP contribution in [0.3, 0.4) is 0 Å². The second kappa shape index (κ2) is 5.94. The van der Waals surface area contributed by atoms with Crippen LogP contribution in [-0.4, -0.2) is 31.8 Å². The summed E-state index contributed by atoms with van der Waals surface area (Å²) in [5.74, 6) is 0.160. The number of carbonyl (C=O) groups is 1. The van der Waals surface area contributed by atoms with Crippen LogP contribution in [0.5, 0.6) is 0 Å². The summed E-state index contributed by atoms with van der Waals surface area (Å²) in [6, 6.07) is 4.05. The monoisotopic (exact) mass is 330 g/mol. The molecule has 1 aromatic rings. The molecule has 21 heavy (non-hydrogen) atoms. The highest BCUT2D eigenvalue weighted by Crippen LogP contribution is 2.27. The predicted molar refractivity (Wildman–Crippen MR) is 81.7 cm³/mol. The van der Waals surface area contributed by atoms with E-state index in [9.17, 15) is 13.2 Å². The topological polar surface area (TPSA) is 80.5 Å². The van der Waals surface area contributed by atoms with E-state index >= 15 is 0 Å². The number of hydrogen-bond donors (Lipinski definition) is 1. The molecule has 0 spiro atoms. The van der Waals surface area contributed by atoms with Crippen LogP contribution in [0.25, 0.3) is 0 Å². The number of piperidine rings is 1. The van der Waals surface area contributed by atoms with E-state index in [0.717, 1.165) is 12.8 Å². The lowest BCUT2D eigenvalue weighted by atomic mass is 9.91. The number of sulfonamides is 1. The number of primary sulfonamides is 1. The normalized spacial score (nSPS) is 23.1. The summed E-state index contributed by atoms with van der Waals surface area (Å²) in [4.78, 5) is 14.3. The molecule has 5 nitrogen and oxygen atoms in total. The number of benzene rings is 1. The van der Waals surface area contributed by atoms with Crippen molar-refractivity contribution in [3.05, 3.63) is 28.8 Å². The molecule has 0 aliphatic carbocycles. The molecule has 1 saturated heterocycles. The fraction of sp³-hybridized carbons (Fsp3) is 0.500. The molecule has 1 amide bonds. The highest BCUT2D eigenvalue weighted by Gasteiger charge is 2.30. The van der Waals surface area contributed by atoms with Gasteiger partial charge in [0.25, 0.3) is 5.91 Å². The number of hydrogen-bond acceptors (Lipinski definition) is 3. The number of likely N-dealkylation sites (tertiary alicyclic amines) is 1.